The van der Waals surface area contributed by atoms with E-state index >= 15 is 0 Å². The summed E-state index contributed by atoms with van der Waals surface area (Å²) in [5, 5.41) is 0. The van der Waals surface area contributed by atoms with Crippen molar-refractivity contribution < 1.29 is 4.74 Å². The maximum absolute atomic E-state index is 5.29. The van der Waals surface area contributed by atoms with Crippen molar-refractivity contribution in [2.24, 2.45) is 5.92 Å². The van der Waals surface area contributed by atoms with Crippen molar-refractivity contribution in [3.05, 3.63) is 12.2 Å². The lowest BCUT2D eigenvalue weighted by Gasteiger charge is -2.34. The van der Waals surface area contributed by atoms with Crippen molar-refractivity contribution in [2.75, 3.05) is 20.4 Å². The first kappa shape index (κ1) is 17.1. The average Bonchev–Trinajstić information content (AvgIpc) is 2.29. The third-order valence-corrected chi connectivity index (χ3v) is 2.53. The molecule has 1 heterocycles. The van der Waals surface area contributed by atoms with Gasteiger partial charge in [0.25, 0.3) is 0 Å². The van der Waals surface area contributed by atoms with Crippen molar-refractivity contribution in [1.82, 2.24) is 4.90 Å². The number of hydrogen-bond acceptors (Lipinski definition) is 2. The van der Waals surface area contributed by atoms with Crippen molar-refractivity contribution in [3.8, 4) is 0 Å². The van der Waals surface area contributed by atoms with Crippen LogP contribution in [-0.2, 0) is 4.74 Å². The molecule has 15 heavy (non-hydrogen) atoms. The minimum atomic E-state index is 0.679. The van der Waals surface area contributed by atoms with Crippen LogP contribution in [0.25, 0.3) is 0 Å². The lowest BCUT2D eigenvalue weighted by atomic mass is 10.0. The van der Waals surface area contributed by atoms with Gasteiger partial charge in [0, 0.05) is 6.04 Å². The molecule has 0 saturated carbocycles. The summed E-state index contributed by atoms with van der Waals surface area (Å²) in [7, 11) is 2.10. The molecular weight excluding hydrogens is 186 g/mol. The highest BCUT2D eigenvalue weighted by molar-refractivity contribution is 4.71. The van der Waals surface area contributed by atoms with Gasteiger partial charge in [-0.1, -0.05) is 32.9 Å². The second kappa shape index (κ2) is 11.7. The fourth-order valence-electron chi connectivity index (χ4n) is 1.07. The van der Waals surface area contributed by atoms with Crippen LogP contribution in [0, 0.1) is 5.92 Å². The van der Waals surface area contributed by atoms with E-state index in [0.717, 1.165) is 13.3 Å². The molecule has 1 aliphatic rings. The fourth-order valence-corrected chi connectivity index (χ4v) is 1.07. The molecule has 0 aromatic rings. The van der Waals surface area contributed by atoms with Crippen LogP contribution in [0.3, 0.4) is 0 Å². The van der Waals surface area contributed by atoms with Crippen molar-refractivity contribution in [3.63, 3.8) is 0 Å². The van der Waals surface area contributed by atoms with E-state index in [4.69, 9.17) is 4.74 Å². The highest BCUT2D eigenvalue weighted by Crippen LogP contribution is 2.13. The molecule has 0 spiro atoms. The first-order valence-corrected chi connectivity index (χ1v) is 5.98. The van der Waals surface area contributed by atoms with Gasteiger partial charge in [-0.25, -0.2) is 0 Å². The van der Waals surface area contributed by atoms with Crippen LogP contribution in [-0.4, -0.2) is 31.3 Å². The van der Waals surface area contributed by atoms with Gasteiger partial charge in [-0.2, -0.15) is 0 Å². The normalized spacial score (nSPS) is 26.3. The Hall–Kier alpha value is -0.340. The molecule has 0 bridgehead atoms. The van der Waals surface area contributed by atoms with E-state index in [2.05, 4.69) is 25.8 Å². The molecule has 0 aromatic heterocycles. The molecule has 2 nitrogen and oxygen atoms in total. The van der Waals surface area contributed by atoms with Gasteiger partial charge in [0.1, 0.15) is 0 Å². The van der Waals surface area contributed by atoms with Gasteiger partial charge in [0.05, 0.1) is 13.3 Å². The molecule has 0 N–H and O–H groups in total. The molecule has 1 rings (SSSR count). The van der Waals surface area contributed by atoms with E-state index in [1.54, 1.807) is 0 Å². The molecule has 2 atom stereocenters. The minimum Gasteiger partial charge on any atom is -0.366 e. The lowest BCUT2D eigenvalue weighted by Crippen LogP contribution is -2.42. The summed E-state index contributed by atoms with van der Waals surface area (Å²) in [5.41, 5.74) is 0. The zero-order chi connectivity index (χ0) is 12.3. The molecule has 0 aromatic carbocycles. The predicted octanol–water partition coefficient (Wildman–Crippen LogP) is 3.54. The lowest BCUT2D eigenvalue weighted by molar-refractivity contribution is -0.0592. The monoisotopic (exact) mass is 215 g/mol. The van der Waals surface area contributed by atoms with Crippen LogP contribution in [0.2, 0.25) is 0 Å². The third kappa shape index (κ3) is 8.64. The van der Waals surface area contributed by atoms with E-state index in [1.165, 1.54) is 0 Å². The van der Waals surface area contributed by atoms with Gasteiger partial charge in [-0.15, -0.1) is 0 Å². The number of nitrogens with zero attached hydrogens (tertiary/aromatic N) is 1. The molecule has 0 aliphatic carbocycles. The van der Waals surface area contributed by atoms with Crippen molar-refractivity contribution >= 4 is 0 Å². The Morgan fingerprint density at radius 1 is 1.13 bits per heavy atom. The summed E-state index contributed by atoms with van der Waals surface area (Å²) >= 11 is 0. The fraction of sp³-hybridized carbons (Fsp3) is 0.846. The van der Waals surface area contributed by atoms with Gasteiger partial charge in [-0.3, -0.25) is 4.90 Å². The first-order chi connectivity index (χ1) is 7.13. The highest BCUT2D eigenvalue weighted by atomic mass is 16.5. The van der Waals surface area contributed by atoms with Crippen molar-refractivity contribution in [2.45, 2.75) is 47.6 Å². The van der Waals surface area contributed by atoms with Crippen LogP contribution in [0.4, 0.5) is 0 Å². The van der Waals surface area contributed by atoms with E-state index in [-0.39, 0.29) is 0 Å². The summed E-state index contributed by atoms with van der Waals surface area (Å²) in [6, 6.07) is 0.679. The maximum Gasteiger partial charge on any atom is 0.0990 e. The number of rotatable bonds is 0. The standard InChI is InChI=1S/C7H15NO.C4H8.C2H6/c1-6-4-9-5-8(3)7(6)2;1-3-4-2;1-2/h6-7H,4-5H2,1-3H3;3-4H,1-2H3;1-2H3. The summed E-state index contributed by atoms with van der Waals surface area (Å²) in [6.45, 7) is 14.2. The molecule has 1 fully saturated rings. The van der Waals surface area contributed by atoms with E-state index in [0.29, 0.717) is 12.0 Å². The largest absolute Gasteiger partial charge is 0.366 e. The Morgan fingerprint density at radius 3 is 1.87 bits per heavy atom. The zero-order valence-corrected chi connectivity index (χ0v) is 11.6. The summed E-state index contributed by atoms with van der Waals surface area (Å²) in [4.78, 5) is 2.23. The second-order valence-corrected chi connectivity index (χ2v) is 3.64. The van der Waals surface area contributed by atoms with Crippen LogP contribution in [0.1, 0.15) is 41.5 Å². The Labute approximate surface area is 96.3 Å². The smallest absolute Gasteiger partial charge is 0.0990 e. The van der Waals surface area contributed by atoms with E-state index < -0.39 is 0 Å². The summed E-state index contributed by atoms with van der Waals surface area (Å²) in [6.07, 6.45) is 4.00. The SMILES string of the molecule is CC.CC1COCN(C)C1C.CC=CC. The predicted molar refractivity (Wildman–Crippen MR) is 69.0 cm³/mol. The van der Waals surface area contributed by atoms with Gasteiger partial charge in [-0.05, 0) is 33.7 Å². The molecule has 92 valence electrons. The Bertz CT molecular complexity index is 131. The molecule has 0 amide bonds. The first-order valence-electron chi connectivity index (χ1n) is 5.98. The van der Waals surface area contributed by atoms with Crippen LogP contribution in [0.15, 0.2) is 12.2 Å². The maximum atomic E-state index is 5.29. The van der Waals surface area contributed by atoms with Crippen LogP contribution < -0.4 is 0 Å². The quantitative estimate of drug-likeness (QED) is 0.573. The molecule has 2 unspecified atom stereocenters. The summed E-state index contributed by atoms with van der Waals surface area (Å²) in [5.74, 6) is 0.684. The zero-order valence-electron chi connectivity index (χ0n) is 11.6. The Morgan fingerprint density at radius 2 is 1.60 bits per heavy atom. The van der Waals surface area contributed by atoms with Crippen LogP contribution >= 0.6 is 0 Å². The molecule has 0 radical (unpaired) electrons. The van der Waals surface area contributed by atoms with Crippen LogP contribution in [0.5, 0.6) is 0 Å². The third-order valence-electron chi connectivity index (χ3n) is 2.53. The minimum absolute atomic E-state index is 0.679. The van der Waals surface area contributed by atoms with Gasteiger partial charge < -0.3 is 4.74 Å². The van der Waals surface area contributed by atoms with E-state index in [9.17, 15) is 0 Å². The van der Waals surface area contributed by atoms with Gasteiger partial charge >= 0.3 is 0 Å². The van der Waals surface area contributed by atoms with Gasteiger partial charge in [0.15, 0.2) is 0 Å². The Balaban J connectivity index is 0. The topological polar surface area (TPSA) is 12.5 Å². The average molecular weight is 215 g/mol. The second-order valence-electron chi connectivity index (χ2n) is 3.64. The molecule has 1 aliphatic heterocycles. The molecular formula is C13H29NO. The molecule has 2 heteroatoms. The highest BCUT2D eigenvalue weighted by Gasteiger charge is 2.21. The number of ether oxygens (including phenoxy) is 1. The van der Waals surface area contributed by atoms with Gasteiger partial charge in [0.2, 0.25) is 0 Å². The van der Waals surface area contributed by atoms with Crippen molar-refractivity contribution in [1.29, 1.82) is 0 Å². The number of hydrogen-bond donors (Lipinski definition) is 0. The summed E-state index contributed by atoms with van der Waals surface area (Å²) < 4.78 is 5.29. The Kier molecular flexibility index (Phi) is 13.4. The number of allylic oxidation sites excluding steroid dienone is 2. The molecule has 1 saturated heterocycles. The van der Waals surface area contributed by atoms with E-state index in [1.807, 2.05) is 39.8 Å².